The molecule has 0 aliphatic carbocycles. The average molecular weight is 304 g/mol. The van der Waals surface area contributed by atoms with Crippen molar-refractivity contribution in [3.8, 4) is 0 Å². The topological polar surface area (TPSA) is 98.7 Å². The highest BCUT2D eigenvalue weighted by molar-refractivity contribution is 5.78. The fourth-order valence-electron chi connectivity index (χ4n) is 1.65. The largest absolute Gasteiger partial charge is 0.396 e. The molecule has 0 saturated heterocycles. The molecule has 0 rings (SSSR count). The summed E-state index contributed by atoms with van der Waals surface area (Å²) >= 11 is 0. The molecular weight excluding hydrogens is 272 g/mol. The van der Waals surface area contributed by atoms with Gasteiger partial charge in [-0.1, -0.05) is 20.3 Å². The standard InChI is InChI=1S/C13H26N2O4.C2H6/c1-14-12(18)6-4-7-13(19)15-8-3-2-5-11(9-16)10-17;1-2/h11,16-17H,2-10H2,1H3,(H,14,18)(H,15,19);1-2H3. The molecule has 126 valence electrons. The van der Waals surface area contributed by atoms with Crippen LogP contribution in [0.15, 0.2) is 0 Å². The Morgan fingerprint density at radius 1 is 0.952 bits per heavy atom. The molecule has 0 heterocycles. The minimum Gasteiger partial charge on any atom is -0.396 e. The number of carbonyl (C=O) groups is 2. The Morgan fingerprint density at radius 3 is 2.05 bits per heavy atom. The highest BCUT2D eigenvalue weighted by Crippen LogP contribution is 2.06. The third-order valence-electron chi connectivity index (χ3n) is 2.96. The number of aliphatic hydroxyl groups is 2. The fraction of sp³-hybridized carbons (Fsp3) is 0.867. The molecule has 6 heteroatoms. The number of hydrogen-bond donors (Lipinski definition) is 4. The molecule has 0 aromatic heterocycles. The van der Waals surface area contributed by atoms with Crippen LogP contribution in [0.3, 0.4) is 0 Å². The smallest absolute Gasteiger partial charge is 0.220 e. The highest BCUT2D eigenvalue weighted by Gasteiger charge is 2.06. The van der Waals surface area contributed by atoms with Gasteiger partial charge in [0.05, 0.1) is 0 Å². The van der Waals surface area contributed by atoms with Crippen molar-refractivity contribution in [3.05, 3.63) is 0 Å². The van der Waals surface area contributed by atoms with Crippen molar-refractivity contribution in [1.29, 1.82) is 0 Å². The van der Waals surface area contributed by atoms with Gasteiger partial charge >= 0.3 is 0 Å². The van der Waals surface area contributed by atoms with E-state index in [2.05, 4.69) is 10.6 Å². The zero-order valence-corrected chi connectivity index (χ0v) is 13.7. The molecule has 0 aromatic carbocycles. The van der Waals surface area contributed by atoms with E-state index in [9.17, 15) is 9.59 Å². The summed E-state index contributed by atoms with van der Waals surface area (Å²) in [6, 6.07) is 0. The van der Waals surface area contributed by atoms with E-state index < -0.39 is 0 Å². The number of hydrogen-bond acceptors (Lipinski definition) is 4. The number of aliphatic hydroxyl groups excluding tert-OH is 2. The van der Waals surface area contributed by atoms with Crippen LogP contribution in [-0.2, 0) is 9.59 Å². The SMILES string of the molecule is CC.CNC(=O)CCCC(=O)NCCCCC(CO)CO. The summed E-state index contributed by atoms with van der Waals surface area (Å²) < 4.78 is 0. The molecule has 4 N–H and O–H groups in total. The van der Waals surface area contributed by atoms with E-state index in [1.54, 1.807) is 7.05 Å². The number of unbranched alkanes of at least 4 members (excludes halogenated alkanes) is 1. The van der Waals surface area contributed by atoms with Gasteiger partial charge in [0.1, 0.15) is 0 Å². The first-order chi connectivity index (χ1) is 10.1. The summed E-state index contributed by atoms with van der Waals surface area (Å²) in [4.78, 5) is 22.3. The number of rotatable bonds is 11. The third kappa shape index (κ3) is 15.1. The van der Waals surface area contributed by atoms with Crippen molar-refractivity contribution in [2.24, 2.45) is 5.92 Å². The maximum absolute atomic E-state index is 11.4. The highest BCUT2D eigenvalue weighted by atomic mass is 16.3. The molecule has 0 aliphatic rings. The second-order valence-electron chi connectivity index (χ2n) is 4.60. The summed E-state index contributed by atoms with van der Waals surface area (Å²) in [7, 11) is 1.58. The van der Waals surface area contributed by atoms with E-state index in [0.717, 1.165) is 19.3 Å². The van der Waals surface area contributed by atoms with Crippen LogP contribution >= 0.6 is 0 Å². The summed E-state index contributed by atoms with van der Waals surface area (Å²) in [5.74, 6) is -0.139. The van der Waals surface area contributed by atoms with Crippen LogP contribution in [0.1, 0.15) is 52.4 Å². The first kappa shape index (κ1) is 22.1. The van der Waals surface area contributed by atoms with Crippen LogP contribution in [0.5, 0.6) is 0 Å². The summed E-state index contributed by atoms with van der Waals surface area (Å²) in [6.45, 7) is 4.60. The molecule has 0 aliphatic heterocycles. The quantitative estimate of drug-likeness (QED) is 0.425. The molecule has 0 spiro atoms. The Bertz CT molecular complexity index is 256. The molecular formula is C15H32N2O4. The lowest BCUT2D eigenvalue weighted by molar-refractivity contribution is -0.122. The van der Waals surface area contributed by atoms with E-state index in [1.165, 1.54) is 0 Å². The van der Waals surface area contributed by atoms with Crippen LogP contribution in [0, 0.1) is 5.92 Å². The summed E-state index contributed by atoms with van der Waals surface area (Å²) in [5.41, 5.74) is 0. The lowest BCUT2D eigenvalue weighted by Gasteiger charge is -2.10. The van der Waals surface area contributed by atoms with Gasteiger partial charge < -0.3 is 20.8 Å². The van der Waals surface area contributed by atoms with Crippen LogP contribution < -0.4 is 10.6 Å². The molecule has 0 aromatic rings. The maximum Gasteiger partial charge on any atom is 0.220 e. The van der Waals surface area contributed by atoms with E-state index in [1.807, 2.05) is 13.8 Å². The van der Waals surface area contributed by atoms with Crippen LogP contribution in [0.2, 0.25) is 0 Å². The Labute approximate surface area is 128 Å². The first-order valence-electron chi connectivity index (χ1n) is 7.83. The predicted molar refractivity (Wildman–Crippen MR) is 83.8 cm³/mol. The van der Waals surface area contributed by atoms with E-state index in [4.69, 9.17) is 10.2 Å². The first-order valence-corrected chi connectivity index (χ1v) is 7.83. The third-order valence-corrected chi connectivity index (χ3v) is 2.96. The van der Waals surface area contributed by atoms with Gasteiger partial charge in [-0.25, -0.2) is 0 Å². The molecule has 0 saturated carbocycles. The Balaban J connectivity index is 0. The normalized spacial score (nSPS) is 9.81. The Morgan fingerprint density at radius 2 is 1.52 bits per heavy atom. The lowest BCUT2D eigenvalue weighted by Crippen LogP contribution is -2.25. The second-order valence-corrected chi connectivity index (χ2v) is 4.60. The fourth-order valence-corrected chi connectivity index (χ4v) is 1.65. The maximum atomic E-state index is 11.4. The van der Waals surface area contributed by atoms with Crippen molar-refractivity contribution < 1.29 is 19.8 Å². The molecule has 0 radical (unpaired) electrons. The van der Waals surface area contributed by atoms with Crippen LogP contribution in [0.4, 0.5) is 0 Å². The van der Waals surface area contributed by atoms with Crippen LogP contribution in [-0.4, -0.2) is 48.8 Å². The Kier molecular flexibility index (Phi) is 17.8. The minimum absolute atomic E-state index is 0.00233. The second kappa shape index (κ2) is 16.9. The molecule has 0 fully saturated rings. The van der Waals surface area contributed by atoms with Gasteiger partial charge in [0.25, 0.3) is 0 Å². The van der Waals surface area contributed by atoms with Crippen molar-refractivity contribution in [2.75, 3.05) is 26.8 Å². The van der Waals surface area contributed by atoms with E-state index in [0.29, 0.717) is 25.8 Å². The van der Waals surface area contributed by atoms with Crippen LogP contribution in [0.25, 0.3) is 0 Å². The lowest BCUT2D eigenvalue weighted by atomic mass is 10.0. The Hall–Kier alpha value is -1.14. The average Bonchev–Trinajstić information content (AvgIpc) is 2.52. The number of nitrogens with one attached hydrogen (secondary N) is 2. The molecule has 0 bridgehead atoms. The van der Waals surface area contributed by atoms with Gasteiger partial charge in [0.15, 0.2) is 0 Å². The van der Waals surface area contributed by atoms with Crippen molar-refractivity contribution >= 4 is 11.8 Å². The van der Waals surface area contributed by atoms with Gasteiger partial charge in [0.2, 0.25) is 11.8 Å². The summed E-state index contributed by atoms with van der Waals surface area (Å²) in [6.07, 6.45) is 3.76. The minimum atomic E-state index is -0.0525. The molecule has 0 unspecified atom stereocenters. The van der Waals surface area contributed by atoms with Gasteiger partial charge in [-0.05, 0) is 19.3 Å². The van der Waals surface area contributed by atoms with Gasteiger partial charge in [0, 0.05) is 45.6 Å². The van der Waals surface area contributed by atoms with Gasteiger partial charge in [-0.2, -0.15) is 0 Å². The van der Waals surface area contributed by atoms with Crippen molar-refractivity contribution in [2.45, 2.75) is 52.4 Å². The van der Waals surface area contributed by atoms with Gasteiger partial charge in [-0.3, -0.25) is 9.59 Å². The van der Waals surface area contributed by atoms with Crippen molar-refractivity contribution in [3.63, 3.8) is 0 Å². The zero-order valence-electron chi connectivity index (χ0n) is 13.7. The number of carbonyl (C=O) groups excluding carboxylic acids is 2. The van der Waals surface area contributed by atoms with E-state index in [-0.39, 0.29) is 30.9 Å². The van der Waals surface area contributed by atoms with E-state index >= 15 is 0 Å². The van der Waals surface area contributed by atoms with Crippen molar-refractivity contribution in [1.82, 2.24) is 10.6 Å². The number of amides is 2. The summed E-state index contributed by atoms with van der Waals surface area (Å²) in [5, 5.41) is 23.0. The zero-order chi connectivity index (χ0) is 16.5. The molecule has 6 nitrogen and oxygen atoms in total. The molecule has 21 heavy (non-hydrogen) atoms. The monoisotopic (exact) mass is 304 g/mol. The molecule has 0 atom stereocenters. The van der Waals surface area contributed by atoms with Gasteiger partial charge in [-0.15, -0.1) is 0 Å². The predicted octanol–water partition coefficient (Wildman–Crippen LogP) is 0.816. The molecule has 2 amide bonds.